The number of hydrogen-bond donors (Lipinski definition) is 0. The molecule has 0 bridgehead atoms. The SMILES string of the molecule is CCCC(=O)Cn1ncc(C)cc1=O. The Morgan fingerprint density at radius 2 is 2.29 bits per heavy atom. The van der Waals surface area contributed by atoms with E-state index in [0.717, 1.165) is 12.0 Å². The minimum Gasteiger partial charge on any atom is -0.298 e. The van der Waals surface area contributed by atoms with Crippen LogP contribution in [0.15, 0.2) is 17.1 Å². The number of nitrogens with zero attached hydrogens (tertiary/aromatic N) is 2. The lowest BCUT2D eigenvalue weighted by atomic mass is 10.2. The van der Waals surface area contributed by atoms with Gasteiger partial charge >= 0.3 is 0 Å². The summed E-state index contributed by atoms with van der Waals surface area (Å²) in [6, 6.07) is 1.48. The maximum Gasteiger partial charge on any atom is 0.267 e. The van der Waals surface area contributed by atoms with E-state index in [0.29, 0.717) is 6.42 Å². The molecule has 1 heterocycles. The molecule has 0 aliphatic carbocycles. The standard InChI is InChI=1S/C10H14N2O2/c1-3-4-9(13)7-12-10(14)5-8(2)6-11-12/h5-6H,3-4,7H2,1-2H3. The van der Waals surface area contributed by atoms with E-state index < -0.39 is 0 Å². The third-order valence-electron chi connectivity index (χ3n) is 1.86. The van der Waals surface area contributed by atoms with Crippen molar-refractivity contribution in [1.82, 2.24) is 9.78 Å². The molecule has 0 aliphatic heterocycles. The van der Waals surface area contributed by atoms with E-state index in [9.17, 15) is 9.59 Å². The molecule has 0 aliphatic rings. The van der Waals surface area contributed by atoms with Crippen molar-refractivity contribution in [2.24, 2.45) is 0 Å². The fraction of sp³-hybridized carbons (Fsp3) is 0.500. The van der Waals surface area contributed by atoms with E-state index >= 15 is 0 Å². The Hall–Kier alpha value is -1.45. The molecule has 0 amide bonds. The van der Waals surface area contributed by atoms with Crippen LogP contribution in [0.5, 0.6) is 0 Å². The number of hydrogen-bond acceptors (Lipinski definition) is 3. The van der Waals surface area contributed by atoms with Gasteiger partial charge in [0.05, 0.1) is 6.20 Å². The monoisotopic (exact) mass is 194 g/mol. The molecule has 1 aromatic heterocycles. The Bertz CT molecular complexity index is 382. The first-order valence-electron chi connectivity index (χ1n) is 4.69. The zero-order chi connectivity index (χ0) is 10.6. The van der Waals surface area contributed by atoms with Crippen LogP contribution in [-0.2, 0) is 11.3 Å². The number of carbonyl (C=O) groups is 1. The molecule has 14 heavy (non-hydrogen) atoms. The predicted octanol–water partition coefficient (Wildman–Crippen LogP) is 0.921. The highest BCUT2D eigenvalue weighted by Crippen LogP contribution is 1.92. The Kier molecular flexibility index (Phi) is 3.56. The van der Waals surface area contributed by atoms with Gasteiger partial charge in [-0.2, -0.15) is 5.10 Å². The highest BCUT2D eigenvalue weighted by molar-refractivity contribution is 5.77. The van der Waals surface area contributed by atoms with Crippen LogP contribution in [0.25, 0.3) is 0 Å². The molecule has 0 radical (unpaired) electrons. The number of aryl methyl sites for hydroxylation is 1. The largest absolute Gasteiger partial charge is 0.298 e. The normalized spacial score (nSPS) is 10.1. The second-order valence-corrected chi connectivity index (χ2v) is 3.32. The van der Waals surface area contributed by atoms with Gasteiger partial charge in [0.25, 0.3) is 5.56 Å². The minimum atomic E-state index is -0.213. The van der Waals surface area contributed by atoms with Crippen LogP contribution in [0.3, 0.4) is 0 Å². The maximum absolute atomic E-state index is 11.3. The van der Waals surface area contributed by atoms with Crippen molar-refractivity contribution in [2.45, 2.75) is 33.2 Å². The summed E-state index contributed by atoms with van der Waals surface area (Å²) in [5.74, 6) is 0.0472. The van der Waals surface area contributed by atoms with Gasteiger partial charge in [-0.1, -0.05) is 6.92 Å². The number of carbonyl (C=O) groups excluding carboxylic acids is 1. The Labute approximate surface area is 82.6 Å². The average Bonchev–Trinajstić information content (AvgIpc) is 2.10. The van der Waals surface area contributed by atoms with E-state index in [1.807, 2.05) is 6.92 Å². The van der Waals surface area contributed by atoms with Crippen molar-refractivity contribution >= 4 is 5.78 Å². The number of aromatic nitrogens is 2. The van der Waals surface area contributed by atoms with E-state index in [-0.39, 0.29) is 17.9 Å². The van der Waals surface area contributed by atoms with Gasteiger partial charge in [0.15, 0.2) is 5.78 Å². The first kappa shape index (κ1) is 10.6. The van der Waals surface area contributed by atoms with Crippen LogP contribution in [-0.4, -0.2) is 15.6 Å². The van der Waals surface area contributed by atoms with Crippen molar-refractivity contribution in [3.05, 3.63) is 28.2 Å². The van der Waals surface area contributed by atoms with E-state index in [1.165, 1.54) is 10.7 Å². The van der Waals surface area contributed by atoms with E-state index in [1.54, 1.807) is 13.1 Å². The van der Waals surface area contributed by atoms with E-state index in [4.69, 9.17) is 0 Å². The van der Waals surface area contributed by atoms with Crippen molar-refractivity contribution in [3.8, 4) is 0 Å². The predicted molar refractivity (Wildman–Crippen MR) is 53.1 cm³/mol. The summed E-state index contributed by atoms with van der Waals surface area (Å²) in [5, 5.41) is 3.88. The smallest absolute Gasteiger partial charge is 0.267 e. The van der Waals surface area contributed by atoms with Gasteiger partial charge < -0.3 is 0 Å². The minimum absolute atomic E-state index is 0.0472. The zero-order valence-corrected chi connectivity index (χ0v) is 8.49. The lowest BCUT2D eigenvalue weighted by Crippen LogP contribution is -2.25. The molecule has 0 saturated carbocycles. The van der Waals surface area contributed by atoms with Gasteiger partial charge in [0, 0.05) is 12.5 Å². The summed E-state index contributed by atoms with van der Waals surface area (Å²) < 4.78 is 1.20. The fourth-order valence-electron chi connectivity index (χ4n) is 1.17. The van der Waals surface area contributed by atoms with E-state index in [2.05, 4.69) is 5.10 Å². The van der Waals surface area contributed by atoms with Crippen LogP contribution in [0.4, 0.5) is 0 Å². The molecule has 1 rings (SSSR count). The first-order chi connectivity index (χ1) is 6.63. The lowest BCUT2D eigenvalue weighted by Gasteiger charge is -2.02. The molecule has 0 unspecified atom stereocenters. The lowest BCUT2D eigenvalue weighted by molar-refractivity contribution is -0.119. The summed E-state index contributed by atoms with van der Waals surface area (Å²) in [7, 11) is 0. The van der Waals surface area contributed by atoms with Gasteiger partial charge in [0.1, 0.15) is 6.54 Å². The molecule has 0 N–H and O–H groups in total. The van der Waals surface area contributed by atoms with Gasteiger partial charge in [0.2, 0.25) is 0 Å². The summed E-state index contributed by atoms with van der Waals surface area (Å²) >= 11 is 0. The molecule has 0 saturated heterocycles. The van der Waals surface area contributed by atoms with Gasteiger partial charge in [-0.05, 0) is 18.9 Å². The molecule has 4 nitrogen and oxygen atoms in total. The zero-order valence-electron chi connectivity index (χ0n) is 8.49. The molecule has 4 heteroatoms. The van der Waals surface area contributed by atoms with Crippen LogP contribution >= 0.6 is 0 Å². The molecule has 1 aromatic rings. The molecule has 0 fully saturated rings. The van der Waals surface area contributed by atoms with Crippen LogP contribution < -0.4 is 5.56 Å². The topological polar surface area (TPSA) is 52.0 Å². The van der Waals surface area contributed by atoms with Crippen LogP contribution in [0.2, 0.25) is 0 Å². The number of rotatable bonds is 4. The summed E-state index contributed by atoms with van der Waals surface area (Å²) in [6.45, 7) is 3.82. The van der Waals surface area contributed by atoms with Crippen molar-refractivity contribution in [2.75, 3.05) is 0 Å². The molecule has 0 spiro atoms. The van der Waals surface area contributed by atoms with Crippen molar-refractivity contribution < 1.29 is 4.79 Å². The quantitative estimate of drug-likeness (QED) is 0.716. The van der Waals surface area contributed by atoms with Gasteiger partial charge in [-0.25, -0.2) is 4.68 Å². The molecular formula is C10H14N2O2. The number of Topliss-reactive ketones (excluding diaryl/α,β-unsaturated/α-hetero) is 1. The Balaban J connectivity index is 2.77. The summed E-state index contributed by atoms with van der Waals surface area (Å²) in [5.41, 5.74) is 0.601. The molecule has 76 valence electrons. The maximum atomic E-state index is 11.3. The Morgan fingerprint density at radius 1 is 1.57 bits per heavy atom. The highest BCUT2D eigenvalue weighted by Gasteiger charge is 2.04. The van der Waals surface area contributed by atoms with Gasteiger partial charge in [-0.3, -0.25) is 9.59 Å². The third kappa shape index (κ3) is 2.80. The second kappa shape index (κ2) is 4.69. The van der Waals surface area contributed by atoms with Crippen LogP contribution in [0.1, 0.15) is 25.3 Å². The van der Waals surface area contributed by atoms with Crippen molar-refractivity contribution in [1.29, 1.82) is 0 Å². The fourth-order valence-corrected chi connectivity index (χ4v) is 1.17. The Morgan fingerprint density at radius 3 is 2.86 bits per heavy atom. The molecular weight excluding hydrogens is 180 g/mol. The molecule has 0 atom stereocenters. The number of ketones is 1. The third-order valence-corrected chi connectivity index (χ3v) is 1.86. The van der Waals surface area contributed by atoms with Gasteiger partial charge in [-0.15, -0.1) is 0 Å². The molecule has 0 aromatic carbocycles. The average molecular weight is 194 g/mol. The summed E-state index contributed by atoms with van der Waals surface area (Å²) in [4.78, 5) is 22.6. The highest BCUT2D eigenvalue weighted by atomic mass is 16.1. The second-order valence-electron chi connectivity index (χ2n) is 3.32. The van der Waals surface area contributed by atoms with Crippen molar-refractivity contribution in [3.63, 3.8) is 0 Å². The first-order valence-corrected chi connectivity index (χ1v) is 4.69. The summed E-state index contributed by atoms with van der Waals surface area (Å²) in [6.07, 6.45) is 2.89. The van der Waals surface area contributed by atoms with Crippen LogP contribution in [0, 0.1) is 6.92 Å².